The van der Waals surface area contributed by atoms with E-state index >= 15 is 0 Å². The van der Waals surface area contributed by atoms with Gasteiger partial charge in [-0.15, -0.1) is 0 Å². The Balaban J connectivity index is -0.000000605. The molecular weight excluding hydrogens is 212 g/mol. The number of rotatable bonds is 5. The molecule has 0 aromatic rings. The molecule has 6 nitrogen and oxygen atoms in total. The Bertz CT molecular complexity index is 171. The Labute approximate surface area is 126 Å². The summed E-state index contributed by atoms with van der Waals surface area (Å²) >= 11 is 0. The Kier molecular flexibility index (Phi) is 15.0. The predicted molar refractivity (Wildman–Crippen MR) is 52.8 cm³/mol. The molecule has 0 aromatic carbocycles. The monoisotopic (exact) mass is 225 g/mol. The number of hydrogen-bond donors (Lipinski definition) is 3. The number of carbonyl (C=O) groups is 2. The third-order valence-electron chi connectivity index (χ3n) is 1.21. The molecular formula is C6H13NNa2O5. The molecule has 0 heterocycles. The Morgan fingerprint density at radius 1 is 1.14 bits per heavy atom. The van der Waals surface area contributed by atoms with Crippen LogP contribution in [-0.2, 0) is 9.59 Å². The average molecular weight is 225 g/mol. The van der Waals surface area contributed by atoms with Gasteiger partial charge in [-0.2, -0.15) is 0 Å². The molecule has 0 aromatic heterocycles. The molecule has 0 saturated heterocycles. The van der Waals surface area contributed by atoms with Crippen LogP contribution in [0.2, 0.25) is 0 Å². The Morgan fingerprint density at radius 2 is 1.43 bits per heavy atom. The zero-order chi connectivity index (χ0) is 9.72. The summed E-state index contributed by atoms with van der Waals surface area (Å²) in [6, 6.07) is 0. The van der Waals surface area contributed by atoms with Gasteiger partial charge in [0.2, 0.25) is 0 Å². The SMILES string of the molecule is CC(O)N(CC(=O)O)CC(=O)O.[NaH].[NaH]. The molecule has 74 valence electrons. The van der Waals surface area contributed by atoms with Crippen LogP contribution in [0.4, 0.5) is 0 Å². The number of carboxylic acid groups (broad SMARTS) is 2. The third-order valence-corrected chi connectivity index (χ3v) is 1.21. The molecule has 0 aliphatic carbocycles. The second kappa shape index (κ2) is 10.4. The summed E-state index contributed by atoms with van der Waals surface area (Å²) < 4.78 is 0. The molecule has 0 fully saturated rings. The van der Waals surface area contributed by atoms with E-state index in [4.69, 9.17) is 15.3 Å². The van der Waals surface area contributed by atoms with Crippen LogP contribution >= 0.6 is 0 Å². The minimum atomic E-state index is -1.17. The number of aliphatic carboxylic acids is 2. The topological polar surface area (TPSA) is 98.1 Å². The maximum atomic E-state index is 10.1. The molecule has 0 saturated carbocycles. The van der Waals surface area contributed by atoms with Crippen molar-refractivity contribution in [3.63, 3.8) is 0 Å². The fourth-order valence-corrected chi connectivity index (χ4v) is 0.668. The Morgan fingerprint density at radius 3 is 1.57 bits per heavy atom. The van der Waals surface area contributed by atoms with E-state index in [1.54, 1.807) is 0 Å². The summed E-state index contributed by atoms with van der Waals surface area (Å²) in [6.45, 7) is 0.347. The number of aliphatic hydroxyl groups is 1. The van der Waals surface area contributed by atoms with Gasteiger partial charge in [-0.3, -0.25) is 14.5 Å². The van der Waals surface area contributed by atoms with E-state index in [0.717, 1.165) is 4.90 Å². The van der Waals surface area contributed by atoms with Crippen LogP contribution in [0.5, 0.6) is 0 Å². The van der Waals surface area contributed by atoms with Crippen LogP contribution in [-0.4, -0.2) is 111 Å². The van der Waals surface area contributed by atoms with E-state index in [1.165, 1.54) is 6.92 Å². The Hall–Kier alpha value is 0.860. The van der Waals surface area contributed by atoms with Gasteiger partial charge in [0.15, 0.2) is 0 Å². The normalized spacial score (nSPS) is 11.1. The first-order valence-corrected chi connectivity index (χ1v) is 3.29. The van der Waals surface area contributed by atoms with Gasteiger partial charge >= 0.3 is 71.1 Å². The van der Waals surface area contributed by atoms with Gasteiger partial charge in [-0.1, -0.05) is 0 Å². The summed E-state index contributed by atoms with van der Waals surface area (Å²) in [5.41, 5.74) is 0. The zero-order valence-corrected chi connectivity index (χ0v) is 6.60. The van der Waals surface area contributed by atoms with E-state index in [9.17, 15) is 9.59 Å². The second-order valence-electron chi connectivity index (χ2n) is 2.32. The van der Waals surface area contributed by atoms with Gasteiger partial charge in [0.05, 0.1) is 13.1 Å². The zero-order valence-electron chi connectivity index (χ0n) is 6.60. The average Bonchev–Trinajstić information content (AvgIpc) is 1.83. The first kappa shape index (κ1) is 20.3. The van der Waals surface area contributed by atoms with Gasteiger partial charge < -0.3 is 15.3 Å². The molecule has 0 aliphatic rings. The molecule has 14 heavy (non-hydrogen) atoms. The number of nitrogens with zero attached hydrogens (tertiary/aromatic N) is 1. The molecule has 1 atom stereocenters. The van der Waals surface area contributed by atoms with Crippen LogP contribution in [0.1, 0.15) is 6.92 Å². The second-order valence-corrected chi connectivity index (χ2v) is 2.32. The minimum absolute atomic E-state index is 0. The molecule has 1 unspecified atom stereocenters. The van der Waals surface area contributed by atoms with Crippen molar-refractivity contribution in [3.05, 3.63) is 0 Å². The molecule has 0 radical (unpaired) electrons. The van der Waals surface area contributed by atoms with Crippen LogP contribution < -0.4 is 0 Å². The quantitative estimate of drug-likeness (QED) is 0.353. The summed E-state index contributed by atoms with van der Waals surface area (Å²) in [5, 5.41) is 25.5. The summed E-state index contributed by atoms with van der Waals surface area (Å²) in [4.78, 5) is 21.2. The summed E-state index contributed by atoms with van der Waals surface area (Å²) in [7, 11) is 0. The van der Waals surface area contributed by atoms with E-state index in [-0.39, 0.29) is 59.1 Å². The van der Waals surface area contributed by atoms with Gasteiger partial charge in [-0.25, -0.2) is 0 Å². The van der Waals surface area contributed by atoms with E-state index in [2.05, 4.69) is 0 Å². The van der Waals surface area contributed by atoms with E-state index < -0.39 is 31.3 Å². The maximum absolute atomic E-state index is 10.1. The van der Waals surface area contributed by atoms with Crippen molar-refractivity contribution in [1.82, 2.24) is 4.90 Å². The van der Waals surface area contributed by atoms with E-state index in [0.29, 0.717) is 0 Å². The molecule has 0 amide bonds. The van der Waals surface area contributed by atoms with Crippen LogP contribution in [0.3, 0.4) is 0 Å². The van der Waals surface area contributed by atoms with E-state index in [1.807, 2.05) is 0 Å². The van der Waals surface area contributed by atoms with Crippen LogP contribution in [0.25, 0.3) is 0 Å². The van der Waals surface area contributed by atoms with Crippen molar-refractivity contribution in [3.8, 4) is 0 Å². The fourth-order valence-electron chi connectivity index (χ4n) is 0.668. The molecule has 0 rings (SSSR count). The molecule has 0 bridgehead atoms. The van der Waals surface area contributed by atoms with Gasteiger partial charge in [0, 0.05) is 0 Å². The molecule has 8 heteroatoms. The fraction of sp³-hybridized carbons (Fsp3) is 0.667. The van der Waals surface area contributed by atoms with Crippen molar-refractivity contribution >= 4 is 71.1 Å². The standard InChI is InChI=1S/C6H11NO5.2Na.2H/c1-4(8)7(2-5(9)10)3-6(11)12;;;;/h4,8H,2-3H2,1H3,(H,9,10)(H,11,12);;;;. The van der Waals surface area contributed by atoms with Gasteiger partial charge in [0.25, 0.3) is 0 Å². The summed E-state index contributed by atoms with van der Waals surface area (Å²) in [5.74, 6) is -2.34. The van der Waals surface area contributed by atoms with Crippen molar-refractivity contribution < 1.29 is 24.9 Å². The van der Waals surface area contributed by atoms with Crippen molar-refractivity contribution in [2.24, 2.45) is 0 Å². The van der Waals surface area contributed by atoms with Crippen LogP contribution in [0, 0.1) is 0 Å². The summed E-state index contributed by atoms with van der Waals surface area (Å²) in [6.07, 6.45) is -1.07. The van der Waals surface area contributed by atoms with Gasteiger partial charge in [-0.05, 0) is 6.92 Å². The van der Waals surface area contributed by atoms with Gasteiger partial charge in [0.1, 0.15) is 6.23 Å². The van der Waals surface area contributed by atoms with Crippen molar-refractivity contribution in [2.45, 2.75) is 13.2 Å². The van der Waals surface area contributed by atoms with Crippen molar-refractivity contribution in [2.75, 3.05) is 13.1 Å². The number of carboxylic acids is 2. The first-order valence-electron chi connectivity index (χ1n) is 3.29. The molecule has 0 spiro atoms. The van der Waals surface area contributed by atoms with Crippen molar-refractivity contribution in [1.29, 1.82) is 0 Å². The predicted octanol–water partition coefficient (Wildman–Crippen LogP) is -2.50. The number of aliphatic hydroxyl groups excluding tert-OH is 1. The van der Waals surface area contributed by atoms with Crippen LogP contribution in [0.15, 0.2) is 0 Å². The first-order chi connectivity index (χ1) is 5.43. The third kappa shape index (κ3) is 10.9. The molecule has 3 N–H and O–H groups in total. The molecule has 0 aliphatic heterocycles. The number of hydrogen-bond acceptors (Lipinski definition) is 4.